The van der Waals surface area contributed by atoms with Gasteiger partial charge in [0.05, 0.1) is 13.0 Å². The van der Waals surface area contributed by atoms with E-state index in [2.05, 4.69) is 0 Å². The maximum atomic E-state index is 12.5. The summed E-state index contributed by atoms with van der Waals surface area (Å²) in [5.74, 6) is -1.16. The summed E-state index contributed by atoms with van der Waals surface area (Å²) < 4.78 is 30.5. The van der Waals surface area contributed by atoms with Gasteiger partial charge in [0.15, 0.2) is 0 Å². The van der Waals surface area contributed by atoms with Crippen molar-refractivity contribution in [1.82, 2.24) is 14.1 Å². The highest BCUT2D eigenvalue weighted by Gasteiger charge is 2.51. The summed E-state index contributed by atoms with van der Waals surface area (Å²) >= 11 is 0. The van der Waals surface area contributed by atoms with E-state index in [1.807, 2.05) is 13.8 Å². The summed E-state index contributed by atoms with van der Waals surface area (Å²) in [5, 5.41) is -0.449. The third-order valence-electron chi connectivity index (χ3n) is 4.54. The Hall–Kier alpha value is -1.19. The van der Waals surface area contributed by atoms with Crippen molar-refractivity contribution < 1.29 is 22.7 Å². The van der Waals surface area contributed by atoms with E-state index in [4.69, 9.17) is 4.74 Å². The van der Waals surface area contributed by atoms with Gasteiger partial charge in [-0.1, -0.05) is 13.8 Å². The number of methoxy groups -OCH3 is 1. The van der Waals surface area contributed by atoms with Crippen LogP contribution in [0, 0.1) is 11.8 Å². The number of hydrogen-bond donors (Lipinski definition) is 0. The molecule has 1 amide bonds. The van der Waals surface area contributed by atoms with E-state index in [-0.39, 0.29) is 24.9 Å². The minimum Gasteiger partial charge on any atom is -0.467 e. The van der Waals surface area contributed by atoms with Crippen LogP contribution in [0.1, 0.15) is 13.8 Å². The number of likely N-dealkylation sites (N-methyl/N-ethyl adjacent to an activating group) is 2. The molecule has 2 fully saturated rings. The molecule has 2 rings (SSSR count). The van der Waals surface area contributed by atoms with Crippen LogP contribution in [-0.2, 0) is 24.3 Å². The topological polar surface area (TPSA) is 87.0 Å². The number of hydrogen-bond acceptors (Lipinski definition) is 6. The molecule has 8 nitrogen and oxygen atoms in total. The summed E-state index contributed by atoms with van der Waals surface area (Å²) in [6.07, 6.45) is 0. The van der Waals surface area contributed by atoms with Gasteiger partial charge in [-0.3, -0.25) is 9.69 Å². The number of rotatable bonds is 6. The normalized spacial score (nSPS) is 26.5. The predicted octanol–water partition coefficient (Wildman–Crippen LogP) is -0.824. The molecule has 0 radical (unpaired) electrons. The third-order valence-corrected chi connectivity index (χ3v) is 6.76. The van der Waals surface area contributed by atoms with E-state index in [1.54, 1.807) is 19.0 Å². The largest absolute Gasteiger partial charge is 0.467 e. The second-order valence-electron chi connectivity index (χ2n) is 6.61. The first-order valence-corrected chi connectivity index (χ1v) is 9.15. The van der Waals surface area contributed by atoms with Crippen LogP contribution in [-0.4, -0.2) is 86.7 Å². The lowest BCUT2D eigenvalue weighted by Crippen LogP contribution is -2.59. The van der Waals surface area contributed by atoms with Crippen molar-refractivity contribution in [2.45, 2.75) is 25.3 Å². The highest BCUT2D eigenvalue weighted by atomic mass is 32.2. The number of esters is 1. The fourth-order valence-corrected chi connectivity index (χ4v) is 4.92. The highest BCUT2D eigenvalue weighted by Crippen LogP contribution is 2.30. The third kappa shape index (κ3) is 3.36. The predicted molar refractivity (Wildman–Crippen MR) is 83.8 cm³/mol. The molecular formula is C14H25N3O5S. The molecule has 23 heavy (non-hydrogen) atoms. The van der Waals surface area contributed by atoms with Gasteiger partial charge in [-0.25, -0.2) is 13.2 Å². The second kappa shape index (κ2) is 6.37. The monoisotopic (exact) mass is 347 g/mol. The van der Waals surface area contributed by atoms with Crippen molar-refractivity contribution in [2.75, 3.05) is 40.8 Å². The maximum Gasteiger partial charge on any atom is 0.328 e. The maximum absolute atomic E-state index is 12.5. The lowest BCUT2D eigenvalue weighted by atomic mass is 9.97. The Bertz CT molecular complexity index is 585. The fourth-order valence-electron chi connectivity index (χ4n) is 2.92. The van der Waals surface area contributed by atoms with Crippen molar-refractivity contribution in [3.63, 3.8) is 0 Å². The van der Waals surface area contributed by atoms with Gasteiger partial charge in [-0.05, 0) is 13.0 Å². The molecule has 2 heterocycles. The number of carbonyl (C=O) groups excluding carboxylic acids is 2. The lowest BCUT2D eigenvalue weighted by Gasteiger charge is -2.40. The van der Waals surface area contributed by atoms with E-state index >= 15 is 0 Å². The standard InChI is InChI=1S/C14H25N3O5S/c1-9(2)12(14(19)22-5)16(4)13(18)10-6-17(7-10)23(20,21)11-8-15(11)3/h9-12H,6-8H2,1-5H3. The number of ether oxygens (including phenoxy) is 1. The molecule has 0 aromatic rings. The van der Waals surface area contributed by atoms with E-state index < -0.39 is 33.3 Å². The molecule has 0 aromatic carbocycles. The van der Waals surface area contributed by atoms with Crippen LogP contribution in [0.3, 0.4) is 0 Å². The van der Waals surface area contributed by atoms with Gasteiger partial charge in [0.25, 0.3) is 0 Å². The molecular weight excluding hydrogens is 322 g/mol. The Labute approximate surface area is 137 Å². The molecule has 0 N–H and O–H groups in total. The average Bonchev–Trinajstić information content (AvgIpc) is 3.14. The Morgan fingerprint density at radius 1 is 1.22 bits per heavy atom. The number of carbonyl (C=O) groups is 2. The van der Waals surface area contributed by atoms with E-state index in [0.29, 0.717) is 6.54 Å². The van der Waals surface area contributed by atoms with Crippen LogP contribution in [0.4, 0.5) is 0 Å². The van der Waals surface area contributed by atoms with Crippen LogP contribution >= 0.6 is 0 Å². The molecule has 0 spiro atoms. The van der Waals surface area contributed by atoms with Crippen molar-refractivity contribution in [3.8, 4) is 0 Å². The molecule has 2 saturated heterocycles. The van der Waals surface area contributed by atoms with Crippen molar-refractivity contribution in [1.29, 1.82) is 0 Å². The molecule has 0 bridgehead atoms. The van der Waals surface area contributed by atoms with Gasteiger partial charge >= 0.3 is 5.97 Å². The lowest BCUT2D eigenvalue weighted by molar-refractivity contribution is -0.156. The van der Waals surface area contributed by atoms with Crippen molar-refractivity contribution in [2.24, 2.45) is 11.8 Å². The zero-order chi connectivity index (χ0) is 17.5. The van der Waals surface area contributed by atoms with Gasteiger partial charge < -0.3 is 9.64 Å². The van der Waals surface area contributed by atoms with Crippen LogP contribution in [0.5, 0.6) is 0 Å². The fraction of sp³-hybridized carbons (Fsp3) is 0.857. The minimum atomic E-state index is -3.33. The van der Waals surface area contributed by atoms with Crippen molar-refractivity contribution in [3.05, 3.63) is 0 Å². The quantitative estimate of drug-likeness (QED) is 0.461. The molecule has 9 heteroatoms. The first-order valence-electron chi connectivity index (χ1n) is 7.65. The molecule has 3 atom stereocenters. The SMILES string of the molecule is COC(=O)C(C(C)C)N(C)C(=O)C1CN(S(=O)(=O)C2CN2C)C1. The highest BCUT2D eigenvalue weighted by molar-refractivity contribution is 7.90. The van der Waals surface area contributed by atoms with Crippen LogP contribution in [0.25, 0.3) is 0 Å². The molecule has 3 unspecified atom stereocenters. The van der Waals surface area contributed by atoms with Crippen molar-refractivity contribution >= 4 is 21.9 Å². The van der Waals surface area contributed by atoms with Gasteiger partial charge in [-0.15, -0.1) is 0 Å². The molecule has 0 aromatic heterocycles. The zero-order valence-corrected chi connectivity index (χ0v) is 15.0. The Kier molecular flexibility index (Phi) is 5.03. The molecule has 0 saturated carbocycles. The summed E-state index contributed by atoms with van der Waals surface area (Å²) in [6.45, 7) is 4.58. The van der Waals surface area contributed by atoms with Gasteiger partial charge in [-0.2, -0.15) is 4.31 Å². The summed E-state index contributed by atoms with van der Waals surface area (Å²) in [6, 6.07) is -0.660. The number of sulfonamides is 1. The summed E-state index contributed by atoms with van der Waals surface area (Å²) in [7, 11) is 1.28. The molecule has 2 aliphatic heterocycles. The second-order valence-corrected chi connectivity index (χ2v) is 8.70. The zero-order valence-electron chi connectivity index (χ0n) is 14.2. The average molecular weight is 347 g/mol. The first-order chi connectivity index (χ1) is 10.6. The van der Waals surface area contributed by atoms with Crippen LogP contribution < -0.4 is 0 Å². The summed E-state index contributed by atoms with van der Waals surface area (Å²) in [5.41, 5.74) is 0. The van der Waals surface area contributed by atoms with Gasteiger partial charge in [0.2, 0.25) is 15.9 Å². The van der Waals surface area contributed by atoms with E-state index in [1.165, 1.54) is 16.3 Å². The smallest absolute Gasteiger partial charge is 0.328 e. The number of amides is 1. The van der Waals surface area contributed by atoms with Gasteiger partial charge in [0, 0.05) is 26.7 Å². The van der Waals surface area contributed by atoms with E-state index in [9.17, 15) is 18.0 Å². The van der Waals surface area contributed by atoms with Crippen LogP contribution in [0.2, 0.25) is 0 Å². The Morgan fingerprint density at radius 2 is 1.74 bits per heavy atom. The Balaban J connectivity index is 1.96. The Morgan fingerprint density at radius 3 is 2.13 bits per heavy atom. The van der Waals surface area contributed by atoms with E-state index in [0.717, 1.165) is 0 Å². The summed E-state index contributed by atoms with van der Waals surface area (Å²) in [4.78, 5) is 27.5. The molecule has 132 valence electrons. The molecule has 2 aliphatic rings. The first kappa shape index (κ1) is 18.2. The molecule has 0 aliphatic carbocycles. The minimum absolute atomic E-state index is 0.0866. The van der Waals surface area contributed by atoms with Gasteiger partial charge in [0.1, 0.15) is 11.4 Å². The number of nitrogens with zero attached hydrogens (tertiary/aromatic N) is 3. The van der Waals surface area contributed by atoms with Crippen LogP contribution in [0.15, 0.2) is 0 Å².